The lowest BCUT2D eigenvalue weighted by Gasteiger charge is -2.11. The highest BCUT2D eigenvalue weighted by Crippen LogP contribution is 2.28. The Balaban J connectivity index is 1.79. The Morgan fingerprint density at radius 3 is 3.00 bits per heavy atom. The smallest absolute Gasteiger partial charge is 0.137 e. The van der Waals surface area contributed by atoms with Crippen molar-refractivity contribution in [2.24, 2.45) is 4.99 Å². The van der Waals surface area contributed by atoms with Gasteiger partial charge in [-0.1, -0.05) is 6.08 Å². The van der Waals surface area contributed by atoms with E-state index < -0.39 is 0 Å². The zero-order valence-electron chi connectivity index (χ0n) is 14.4. The number of thiazole rings is 1. The number of nitrogens with zero attached hydrogens (tertiary/aromatic N) is 4. The molecule has 0 aromatic carbocycles. The van der Waals surface area contributed by atoms with Crippen molar-refractivity contribution in [2.45, 2.75) is 19.4 Å². The van der Waals surface area contributed by atoms with Gasteiger partial charge in [0.25, 0.3) is 0 Å². The molecule has 1 aliphatic heterocycles. The van der Waals surface area contributed by atoms with Gasteiger partial charge in [-0.2, -0.15) is 0 Å². The van der Waals surface area contributed by atoms with Gasteiger partial charge in [-0.3, -0.25) is 0 Å². The van der Waals surface area contributed by atoms with E-state index in [9.17, 15) is 4.39 Å². The van der Waals surface area contributed by atoms with Crippen LogP contribution in [0.25, 0.3) is 11.1 Å². The average Bonchev–Trinajstić information content (AvgIpc) is 3.43. The fourth-order valence-electron chi connectivity index (χ4n) is 3.52. The summed E-state index contributed by atoms with van der Waals surface area (Å²) < 4.78 is 15.6. The number of nitrogens with one attached hydrogen (secondary N) is 1. The number of hydrogen-bond acceptors (Lipinski definition) is 4. The number of halogens is 1. The number of H-pyrrole nitrogens is 1. The molecule has 134 valence electrons. The summed E-state index contributed by atoms with van der Waals surface area (Å²) in [6.07, 6.45) is 11.8. The molecule has 3 aromatic rings. The highest BCUT2D eigenvalue weighted by atomic mass is 32.1. The summed E-state index contributed by atoms with van der Waals surface area (Å²) in [5.41, 5.74) is 6.10. The molecule has 0 amide bonds. The molecule has 5 nitrogen and oxygen atoms in total. The first kappa shape index (κ1) is 16.1. The van der Waals surface area contributed by atoms with Crippen LogP contribution in [0.15, 0.2) is 58.5 Å². The van der Waals surface area contributed by atoms with Gasteiger partial charge in [0.1, 0.15) is 11.6 Å². The number of imidazole rings is 1. The van der Waals surface area contributed by atoms with E-state index in [0.717, 1.165) is 39.8 Å². The van der Waals surface area contributed by atoms with Gasteiger partial charge >= 0.3 is 0 Å². The molecule has 3 aromatic heterocycles. The first-order chi connectivity index (χ1) is 13.3. The van der Waals surface area contributed by atoms with Crippen LogP contribution in [0.1, 0.15) is 24.1 Å². The molecule has 2 aliphatic rings. The molecule has 1 aliphatic carbocycles. The molecule has 0 bridgehead atoms. The third-order valence-electron chi connectivity index (χ3n) is 4.77. The van der Waals surface area contributed by atoms with E-state index >= 15 is 0 Å². The fourth-order valence-corrected chi connectivity index (χ4v) is 4.07. The number of aromatic amines is 1. The average molecular weight is 377 g/mol. The van der Waals surface area contributed by atoms with Gasteiger partial charge in [-0.15, -0.1) is 11.3 Å². The maximum absolute atomic E-state index is 13.4. The second-order valence-electron chi connectivity index (χ2n) is 6.44. The molecule has 1 N–H and O–H groups in total. The van der Waals surface area contributed by atoms with E-state index in [2.05, 4.69) is 19.5 Å². The summed E-state index contributed by atoms with van der Waals surface area (Å²) in [6, 6.07) is 2.05. The van der Waals surface area contributed by atoms with Crippen LogP contribution in [-0.4, -0.2) is 25.7 Å². The van der Waals surface area contributed by atoms with E-state index in [1.807, 2.05) is 41.8 Å². The number of hydrogen-bond donors (Lipinski definition) is 1. The van der Waals surface area contributed by atoms with E-state index in [4.69, 9.17) is 4.98 Å². The maximum Gasteiger partial charge on any atom is 0.137 e. The molecule has 0 fully saturated rings. The minimum absolute atomic E-state index is 0.201. The third kappa shape index (κ3) is 2.90. The maximum atomic E-state index is 13.4. The van der Waals surface area contributed by atoms with E-state index in [0.29, 0.717) is 13.0 Å². The van der Waals surface area contributed by atoms with Crippen LogP contribution in [-0.2, 0) is 6.54 Å². The topological polar surface area (TPSA) is 58.9 Å². The lowest BCUT2D eigenvalue weighted by molar-refractivity contribution is 0.661. The summed E-state index contributed by atoms with van der Waals surface area (Å²) in [5.74, 6) is 0.659. The van der Waals surface area contributed by atoms with Crippen molar-refractivity contribution >= 4 is 34.5 Å². The summed E-state index contributed by atoms with van der Waals surface area (Å²) in [5, 5.41) is 3.98. The Bertz CT molecular complexity index is 1210. The second-order valence-corrected chi connectivity index (χ2v) is 7.15. The Morgan fingerprint density at radius 2 is 2.19 bits per heavy atom. The van der Waals surface area contributed by atoms with Crippen molar-refractivity contribution in [3.8, 4) is 0 Å². The summed E-state index contributed by atoms with van der Waals surface area (Å²) in [4.78, 5) is 16.7. The van der Waals surface area contributed by atoms with Crippen LogP contribution in [0, 0.1) is 0 Å². The molecule has 5 rings (SSSR count). The second kappa shape index (κ2) is 6.59. The van der Waals surface area contributed by atoms with Crippen molar-refractivity contribution in [3.63, 3.8) is 0 Å². The standard InChI is InChI=1S/C20H16FN5S/c21-14-3-1-13(2-4-14)18-19(16-5-7-22-20-17(16)6-8-23-20)26(11-24-18)9-15-10-27-12-25-15/h1,3-4,6-8,10-12,23H,2,5,9H2. The Kier molecular flexibility index (Phi) is 3.94. The SMILES string of the molecule is FC1=CCC(=c2ncn(Cc3cscn3)c2=C2CC=Nc3[nH]ccc32)C=C1. The largest absolute Gasteiger partial charge is 0.346 e. The van der Waals surface area contributed by atoms with Crippen molar-refractivity contribution in [2.75, 3.05) is 0 Å². The van der Waals surface area contributed by atoms with E-state index in [1.165, 1.54) is 11.6 Å². The van der Waals surface area contributed by atoms with Crippen molar-refractivity contribution in [1.29, 1.82) is 0 Å². The first-order valence-corrected chi connectivity index (χ1v) is 9.62. The van der Waals surface area contributed by atoms with Gasteiger partial charge in [0, 0.05) is 29.8 Å². The number of allylic oxidation sites excluding steroid dienone is 4. The molecule has 0 atom stereocenters. The number of aromatic nitrogens is 4. The predicted molar refractivity (Wildman–Crippen MR) is 105 cm³/mol. The molecular weight excluding hydrogens is 361 g/mol. The van der Waals surface area contributed by atoms with Crippen LogP contribution in [0.5, 0.6) is 0 Å². The van der Waals surface area contributed by atoms with E-state index in [1.54, 1.807) is 17.4 Å². The van der Waals surface area contributed by atoms with Gasteiger partial charge in [-0.05, 0) is 35.8 Å². The monoisotopic (exact) mass is 377 g/mol. The molecule has 7 heteroatoms. The molecule has 4 heterocycles. The van der Waals surface area contributed by atoms with Gasteiger partial charge in [0.15, 0.2) is 0 Å². The van der Waals surface area contributed by atoms with Crippen LogP contribution < -0.4 is 10.7 Å². The van der Waals surface area contributed by atoms with Gasteiger partial charge in [-0.25, -0.2) is 19.4 Å². The molecule has 0 unspecified atom stereocenters. The van der Waals surface area contributed by atoms with Crippen molar-refractivity contribution in [1.82, 2.24) is 19.5 Å². The molecule has 0 spiro atoms. The van der Waals surface area contributed by atoms with Crippen LogP contribution >= 0.6 is 11.3 Å². The predicted octanol–water partition coefficient (Wildman–Crippen LogP) is 2.99. The lowest BCUT2D eigenvalue weighted by atomic mass is 10.0. The minimum atomic E-state index is -0.201. The Labute approximate surface area is 158 Å². The third-order valence-corrected chi connectivity index (χ3v) is 5.41. The van der Waals surface area contributed by atoms with Gasteiger partial charge in [0.05, 0.1) is 34.8 Å². The molecule has 0 radical (unpaired) electrons. The summed E-state index contributed by atoms with van der Waals surface area (Å²) in [6.45, 7) is 0.646. The molecule has 0 saturated heterocycles. The van der Waals surface area contributed by atoms with Crippen molar-refractivity contribution in [3.05, 3.63) is 75.5 Å². The van der Waals surface area contributed by atoms with E-state index in [-0.39, 0.29) is 5.83 Å². The normalized spacial score (nSPS) is 20.0. The lowest BCUT2D eigenvalue weighted by Crippen LogP contribution is -2.35. The Morgan fingerprint density at radius 1 is 1.22 bits per heavy atom. The highest BCUT2D eigenvalue weighted by Gasteiger charge is 2.17. The van der Waals surface area contributed by atoms with Crippen LogP contribution in [0.2, 0.25) is 0 Å². The Hall–Kier alpha value is -3.06. The molecular formula is C20H16FN5S. The zero-order chi connectivity index (χ0) is 18.2. The summed E-state index contributed by atoms with van der Waals surface area (Å²) >= 11 is 1.58. The fraction of sp³-hybridized carbons (Fsp3) is 0.150. The number of rotatable bonds is 2. The molecule has 27 heavy (non-hydrogen) atoms. The zero-order valence-corrected chi connectivity index (χ0v) is 15.2. The molecule has 0 saturated carbocycles. The summed E-state index contributed by atoms with van der Waals surface area (Å²) in [7, 11) is 0. The number of fused-ring (bicyclic) bond motifs is 1. The first-order valence-electron chi connectivity index (χ1n) is 8.68. The highest BCUT2D eigenvalue weighted by molar-refractivity contribution is 7.07. The van der Waals surface area contributed by atoms with Gasteiger partial charge in [0.2, 0.25) is 0 Å². The quantitative estimate of drug-likeness (QED) is 0.746. The van der Waals surface area contributed by atoms with Crippen molar-refractivity contribution < 1.29 is 4.39 Å². The van der Waals surface area contributed by atoms with Crippen LogP contribution in [0.4, 0.5) is 10.2 Å². The minimum Gasteiger partial charge on any atom is -0.346 e. The number of aliphatic imine (C=N–C) groups is 1. The van der Waals surface area contributed by atoms with Crippen LogP contribution in [0.3, 0.4) is 0 Å². The van der Waals surface area contributed by atoms with Gasteiger partial charge < -0.3 is 9.55 Å².